The number of hydrogen-bond donors (Lipinski definition) is 2. The Labute approximate surface area is 138 Å². The number of sulfonamides is 1. The van der Waals surface area contributed by atoms with Crippen molar-refractivity contribution in [2.45, 2.75) is 23.1 Å². The fourth-order valence-corrected chi connectivity index (χ4v) is 5.39. The number of thiophene rings is 1. The molecule has 1 aromatic carbocycles. The molecular formula is C15H16N2O4S2. The molecule has 2 aromatic rings. The predicted molar refractivity (Wildman–Crippen MR) is 88.0 cm³/mol. The van der Waals surface area contributed by atoms with Gasteiger partial charge in [0.2, 0.25) is 5.91 Å². The van der Waals surface area contributed by atoms with Crippen LogP contribution in [0.25, 0.3) is 0 Å². The molecule has 0 spiro atoms. The number of rotatable bonds is 4. The van der Waals surface area contributed by atoms with Crippen molar-refractivity contribution in [3.05, 3.63) is 41.8 Å². The van der Waals surface area contributed by atoms with Crippen LogP contribution in [0.1, 0.15) is 12.8 Å². The summed E-state index contributed by atoms with van der Waals surface area (Å²) in [4.78, 5) is 12.5. The largest absolute Gasteiger partial charge is 0.506 e. The van der Waals surface area contributed by atoms with E-state index in [1.54, 1.807) is 29.6 Å². The highest BCUT2D eigenvalue weighted by atomic mass is 32.2. The summed E-state index contributed by atoms with van der Waals surface area (Å²) < 4.78 is 26.8. The lowest BCUT2D eigenvalue weighted by Crippen LogP contribution is -2.42. The molecule has 2 N–H and O–H groups in total. The van der Waals surface area contributed by atoms with Crippen LogP contribution in [0.3, 0.4) is 0 Å². The molecule has 1 amide bonds. The van der Waals surface area contributed by atoms with Crippen LogP contribution in [-0.4, -0.2) is 36.3 Å². The molecule has 1 fully saturated rings. The summed E-state index contributed by atoms with van der Waals surface area (Å²) in [6.07, 6.45) is 1.09. The van der Waals surface area contributed by atoms with E-state index in [1.807, 2.05) is 0 Å². The molecule has 6 nitrogen and oxygen atoms in total. The van der Waals surface area contributed by atoms with Gasteiger partial charge in [0, 0.05) is 6.54 Å². The second-order valence-corrected chi connectivity index (χ2v) is 8.28. The van der Waals surface area contributed by atoms with Gasteiger partial charge in [-0.05, 0) is 36.4 Å². The molecule has 3 rings (SSSR count). The number of hydrogen-bond acceptors (Lipinski definition) is 5. The van der Waals surface area contributed by atoms with Crippen molar-refractivity contribution >= 4 is 33.0 Å². The molecule has 23 heavy (non-hydrogen) atoms. The molecule has 0 bridgehead atoms. The van der Waals surface area contributed by atoms with Gasteiger partial charge in [-0.15, -0.1) is 11.3 Å². The van der Waals surface area contributed by atoms with E-state index >= 15 is 0 Å². The van der Waals surface area contributed by atoms with Gasteiger partial charge >= 0.3 is 0 Å². The third kappa shape index (κ3) is 3.10. The molecule has 0 radical (unpaired) electrons. The zero-order valence-corrected chi connectivity index (χ0v) is 13.8. The highest BCUT2D eigenvalue weighted by molar-refractivity contribution is 7.91. The summed E-state index contributed by atoms with van der Waals surface area (Å²) in [6, 6.07) is 8.81. The van der Waals surface area contributed by atoms with Crippen molar-refractivity contribution in [2.75, 3.05) is 11.9 Å². The maximum atomic E-state index is 12.6. The van der Waals surface area contributed by atoms with Gasteiger partial charge in [0.15, 0.2) is 0 Å². The number of phenols is 1. The van der Waals surface area contributed by atoms with Crippen LogP contribution in [0.5, 0.6) is 5.75 Å². The molecule has 1 saturated heterocycles. The van der Waals surface area contributed by atoms with Gasteiger partial charge in [-0.1, -0.05) is 18.2 Å². The lowest BCUT2D eigenvalue weighted by atomic mass is 10.2. The predicted octanol–water partition coefficient (Wildman–Crippen LogP) is 2.25. The summed E-state index contributed by atoms with van der Waals surface area (Å²) in [5.41, 5.74) is 0.276. The maximum absolute atomic E-state index is 12.6. The monoisotopic (exact) mass is 352 g/mol. The normalized spacial score (nSPS) is 18.9. The zero-order chi connectivity index (χ0) is 16.4. The van der Waals surface area contributed by atoms with E-state index in [4.69, 9.17) is 0 Å². The number of benzene rings is 1. The van der Waals surface area contributed by atoms with Gasteiger partial charge in [0.1, 0.15) is 16.0 Å². The first-order valence-electron chi connectivity index (χ1n) is 7.14. The van der Waals surface area contributed by atoms with Crippen molar-refractivity contribution in [3.8, 4) is 5.75 Å². The first-order valence-corrected chi connectivity index (χ1v) is 9.46. The lowest BCUT2D eigenvalue weighted by Gasteiger charge is -2.22. The molecule has 1 aliphatic rings. The van der Waals surface area contributed by atoms with Crippen LogP contribution in [0, 0.1) is 0 Å². The summed E-state index contributed by atoms with van der Waals surface area (Å²) >= 11 is 1.14. The number of aromatic hydroxyl groups is 1. The second-order valence-electron chi connectivity index (χ2n) is 5.21. The van der Waals surface area contributed by atoms with Crippen molar-refractivity contribution in [1.29, 1.82) is 0 Å². The van der Waals surface area contributed by atoms with Crippen LogP contribution in [0.4, 0.5) is 5.69 Å². The van der Waals surface area contributed by atoms with Crippen LogP contribution >= 0.6 is 11.3 Å². The molecule has 1 aromatic heterocycles. The Bertz CT molecular complexity index is 803. The number of amides is 1. The summed E-state index contributed by atoms with van der Waals surface area (Å²) in [7, 11) is -3.66. The molecule has 0 saturated carbocycles. The van der Waals surface area contributed by atoms with Crippen molar-refractivity contribution in [2.24, 2.45) is 0 Å². The van der Waals surface area contributed by atoms with Gasteiger partial charge in [-0.2, -0.15) is 4.31 Å². The van der Waals surface area contributed by atoms with Gasteiger partial charge in [0.25, 0.3) is 10.0 Å². The topological polar surface area (TPSA) is 86.7 Å². The van der Waals surface area contributed by atoms with Crippen LogP contribution in [0.15, 0.2) is 46.0 Å². The van der Waals surface area contributed by atoms with Gasteiger partial charge in [-0.25, -0.2) is 8.42 Å². The SMILES string of the molecule is O=C(Nc1ccccc1O)C1CCCN1S(=O)(=O)c1cccs1. The second kappa shape index (κ2) is 6.31. The molecule has 2 heterocycles. The standard InChI is InChI=1S/C15H16N2O4S2/c18-13-7-2-1-5-11(13)16-15(19)12-6-3-9-17(12)23(20,21)14-8-4-10-22-14/h1-2,4-5,7-8,10,12,18H,3,6,9H2,(H,16,19). The molecular weight excluding hydrogens is 336 g/mol. The summed E-state index contributed by atoms with van der Waals surface area (Å²) in [5, 5.41) is 14.0. The molecule has 1 unspecified atom stereocenters. The number of carbonyl (C=O) groups excluding carboxylic acids is 1. The Kier molecular flexibility index (Phi) is 4.38. The average molecular weight is 352 g/mol. The van der Waals surface area contributed by atoms with Crippen LogP contribution in [0.2, 0.25) is 0 Å². The third-order valence-corrected chi connectivity index (χ3v) is 7.01. The first kappa shape index (κ1) is 16.0. The Morgan fingerprint density at radius 3 is 2.74 bits per heavy atom. The summed E-state index contributed by atoms with van der Waals surface area (Å²) in [5.74, 6) is -0.476. The number of nitrogens with zero attached hydrogens (tertiary/aromatic N) is 1. The average Bonchev–Trinajstić information content (AvgIpc) is 3.21. The van der Waals surface area contributed by atoms with Gasteiger partial charge in [-0.3, -0.25) is 4.79 Å². The van der Waals surface area contributed by atoms with E-state index in [2.05, 4.69) is 5.32 Å². The molecule has 8 heteroatoms. The summed E-state index contributed by atoms with van der Waals surface area (Å²) in [6.45, 7) is 0.319. The van der Waals surface area contributed by atoms with Crippen molar-refractivity contribution in [3.63, 3.8) is 0 Å². The molecule has 122 valence electrons. The molecule has 1 aliphatic heterocycles. The van der Waals surface area contributed by atoms with E-state index in [0.29, 0.717) is 19.4 Å². The maximum Gasteiger partial charge on any atom is 0.253 e. The minimum atomic E-state index is -3.66. The van der Waals surface area contributed by atoms with E-state index in [-0.39, 0.29) is 15.6 Å². The lowest BCUT2D eigenvalue weighted by molar-refractivity contribution is -0.119. The van der Waals surface area contributed by atoms with E-state index in [1.165, 1.54) is 16.4 Å². The Balaban J connectivity index is 1.82. The van der Waals surface area contributed by atoms with E-state index in [9.17, 15) is 18.3 Å². The number of anilines is 1. The first-order chi connectivity index (χ1) is 11.0. The molecule has 0 aliphatic carbocycles. The Hall–Kier alpha value is -1.90. The highest BCUT2D eigenvalue weighted by Crippen LogP contribution is 2.30. The van der Waals surface area contributed by atoms with Crippen molar-refractivity contribution < 1.29 is 18.3 Å². The smallest absolute Gasteiger partial charge is 0.253 e. The Morgan fingerprint density at radius 1 is 1.26 bits per heavy atom. The van der Waals surface area contributed by atoms with Gasteiger partial charge in [0.05, 0.1) is 5.69 Å². The third-order valence-electron chi connectivity index (χ3n) is 3.73. The number of phenolic OH excluding ortho intramolecular Hbond substituents is 1. The number of nitrogens with one attached hydrogen (secondary N) is 1. The highest BCUT2D eigenvalue weighted by Gasteiger charge is 2.40. The quantitative estimate of drug-likeness (QED) is 0.826. The van der Waals surface area contributed by atoms with Crippen LogP contribution < -0.4 is 5.32 Å². The van der Waals surface area contributed by atoms with E-state index in [0.717, 1.165) is 11.3 Å². The number of carbonyl (C=O) groups is 1. The molecule has 1 atom stereocenters. The minimum Gasteiger partial charge on any atom is -0.506 e. The fraction of sp³-hybridized carbons (Fsp3) is 0.267. The van der Waals surface area contributed by atoms with Gasteiger partial charge < -0.3 is 10.4 Å². The van der Waals surface area contributed by atoms with Crippen LogP contribution in [-0.2, 0) is 14.8 Å². The zero-order valence-electron chi connectivity index (χ0n) is 12.2. The minimum absolute atomic E-state index is 0.0495. The fourth-order valence-electron chi connectivity index (χ4n) is 2.61. The van der Waals surface area contributed by atoms with Crippen molar-refractivity contribution in [1.82, 2.24) is 4.31 Å². The van der Waals surface area contributed by atoms with E-state index < -0.39 is 22.0 Å². The number of para-hydroxylation sites is 2. The Morgan fingerprint density at radius 2 is 2.04 bits per heavy atom.